The van der Waals surface area contributed by atoms with Crippen LogP contribution in [0, 0.1) is 11.3 Å². The van der Waals surface area contributed by atoms with Gasteiger partial charge in [0.05, 0.1) is 34.3 Å². The van der Waals surface area contributed by atoms with Crippen LogP contribution in [-0.4, -0.2) is 88.9 Å². The van der Waals surface area contributed by atoms with Crippen molar-refractivity contribution >= 4 is 27.7 Å². The number of hydrogen-bond donors (Lipinski definition) is 2. The highest BCUT2D eigenvalue weighted by molar-refractivity contribution is 7.94. The summed E-state index contributed by atoms with van der Waals surface area (Å²) in [6.45, 7) is 9.25. The van der Waals surface area contributed by atoms with Gasteiger partial charge in [-0.25, -0.2) is 13.2 Å². The minimum absolute atomic E-state index is 0.0443. The Morgan fingerprint density at radius 2 is 1.78 bits per heavy atom. The lowest BCUT2D eigenvalue weighted by Crippen LogP contribution is -2.52. The molecule has 4 rings (SSSR count). The first-order valence-corrected chi connectivity index (χ1v) is 16.4. The number of carbonyl (C=O) groups is 3. The molecule has 2 aliphatic rings. The number of aryl methyl sites for hydroxylation is 1. The van der Waals surface area contributed by atoms with Crippen molar-refractivity contribution in [1.82, 2.24) is 25.3 Å². The SMILES string of the molecule is Cn1nc(C(=O)NCc2ccc(C#N)cc2)c2c1C(=O)N(CC1(S(=O)(=O)C(C)(C)COCCNC(=O)OC(C)(C)C)CC1)CC2. The Balaban J connectivity index is 1.36. The summed E-state index contributed by atoms with van der Waals surface area (Å²) >= 11 is 0. The van der Waals surface area contributed by atoms with Crippen molar-refractivity contribution in [1.29, 1.82) is 5.26 Å². The Morgan fingerprint density at radius 3 is 2.38 bits per heavy atom. The molecular weight excluding hydrogens is 600 g/mol. The van der Waals surface area contributed by atoms with Gasteiger partial charge in [0.15, 0.2) is 15.5 Å². The molecule has 1 fully saturated rings. The molecule has 0 radical (unpaired) electrons. The number of benzene rings is 1. The second kappa shape index (κ2) is 12.8. The fourth-order valence-electron chi connectivity index (χ4n) is 5.39. The number of alkyl carbamates (subject to hydrolysis) is 1. The van der Waals surface area contributed by atoms with Crippen LogP contribution in [0.4, 0.5) is 4.79 Å². The van der Waals surface area contributed by atoms with Gasteiger partial charge in [-0.15, -0.1) is 0 Å². The molecule has 1 saturated carbocycles. The van der Waals surface area contributed by atoms with E-state index >= 15 is 0 Å². The molecule has 1 aromatic heterocycles. The van der Waals surface area contributed by atoms with E-state index in [0.717, 1.165) is 5.56 Å². The summed E-state index contributed by atoms with van der Waals surface area (Å²) in [7, 11) is -2.15. The van der Waals surface area contributed by atoms with Gasteiger partial charge in [0.25, 0.3) is 11.8 Å². The van der Waals surface area contributed by atoms with Gasteiger partial charge in [0, 0.05) is 38.8 Å². The zero-order chi connectivity index (χ0) is 33.2. The van der Waals surface area contributed by atoms with Crippen LogP contribution >= 0.6 is 0 Å². The summed E-state index contributed by atoms with van der Waals surface area (Å²) < 4.78 is 37.7. The molecule has 13 nitrogen and oxygen atoms in total. The third-order valence-corrected chi connectivity index (χ3v) is 11.2. The maximum absolute atomic E-state index is 13.9. The number of carbonyl (C=O) groups excluding carboxylic acids is 3. The van der Waals surface area contributed by atoms with Crippen molar-refractivity contribution in [2.24, 2.45) is 7.05 Å². The molecule has 14 heteroatoms. The lowest BCUT2D eigenvalue weighted by molar-refractivity contribution is 0.0493. The predicted molar refractivity (Wildman–Crippen MR) is 165 cm³/mol. The molecule has 244 valence electrons. The van der Waals surface area contributed by atoms with E-state index < -0.39 is 36.9 Å². The van der Waals surface area contributed by atoms with Crippen LogP contribution in [-0.2, 0) is 39.3 Å². The number of nitrogens with one attached hydrogen (secondary N) is 2. The first kappa shape index (κ1) is 33.9. The monoisotopic (exact) mass is 642 g/mol. The van der Waals surface area contributed by atoms with E-state index in [4.69, 9.17) is 14.7 Å². The largest absolute Gasteiger partial charge is 0.444 e. The van der Waals surface area contributed by atoms with Crippen LogP contribution in [0.2, 0.25) is 0 Å². The number of hydrogen-bond acceptors (Lipinski definition) is 9. The number of nitriles is 1. The van der Waals surface area contributed by atoms with Gasteiger partial charge in [0.2, 0.25) is 0 Å². The zero-order valence-electron chi connectivity index (χ0n) is 26.7. The smallest absolute Gasteiger partial charge is 0.407 e. The van der Waals surface area contributed by atoms with E-state index in [1.807, 2.05) is 0 Å². The standard InChI is InChI=1S/C31H42N6O7S/c1-29(2,3)44-28(40)33-14-16-43-20-30(4,5)45(41,42)31(12-13-31)19-37-15-11-23-24(35-36(6)25(23)27(37)39)26(38)34-18-22-9-7-21(17-32)8-10-22/h7-10H,11-16,18-20H2,1-6H3,(H,33,40)(H,34,38). The van der Waals surface area contributed by atoms with E-state index in [9.17, 15) is 22.8 Å². The van der Waals surface area contributed by atoms with Crippen LogP contribution in [0.5, 0.6) is 0 Å². The minimum atomic E-state index is -3.75. The van der Waals surface area contributed by atoms with Crippen molar-refractivity contribution in [3.05, 3.63) is 52.3 Å². The topological polar surface area (TPSA) is 173 Å². The molecule has 45 heavy (non-hydrogen) atoms. The minimum Gasteiger partial charge on any atom is -0.444 e. The first-order chi connectivity index (χ1) is 21.0. The molecule has 0 atom stereocenters. The molecule has 1 aliphatic carbocycles. The van der Waals surface area contributed by atoms with Crippen molar-refractivity contribution in [2.45, 2.75) is 75.5 Å². The quantitative estimate of drug-likeness (QED) is 0.330. The predicted octanol–water partition coefficient (Wildman–Crippen LogP) is 2.49. The highest BCUT2D eigenvalue weighted by atomic mass is 32.2. The van der Waals surface area contributed by atoms with Gasteiger partial charge in [-0.2, -0.15) is 10.4 Å². The maximum Gasteiger partial charge on any atom is 0.407 e. The van der Waals surface area contributed by atoms with Crippen molar-refractivity contribution < 1.29 is 32.3 Å². The van der Waals surface area contributed by atoms with Crippen LogP contribution in [0.3, 0.4) is 0 Å². The molecule has 2 aromatic rings. The fraction of sp³-hybridized carbons (Fsp3) is 0.581. The normalized spacial score (nSPS) is 16.0. The molecule has 0 saturated heterocycles. The average Bonchev–Trinajstić information content (AvgIpc) is 3.68. The summed E-state index contributed by atoms with van der Waals surface area (Å²) in [6.07, 6.45) is 0.657. The Bertz CT molecular complexity index is 1600. The molecule has 0 spiro atoms. The summed E-state index contributed by atoms with van der Waals surface area (Å²) in [4.78, 5) is 40.0. The number of aromatic nitrogens is 2. The van der Waals surface area contributed by atoms with Crippen molar-refractivity contribution in [3.63, 3.8) is 0 Å². The molecule has 2 heterocycles. The second-order valence-electron chi connectivity index (χ2n) is 13.2. The molecule has 1 aliphatic heterocycles. The van der Waals surface area contributed by atoms with E-state index in [0.29, 0.717) is 30.4 Å². The number of ether oxygens (including phenoxy) is 2. The number of amides is 3. The van der Waals surface area contributed by atoms with E-state index in [-0.39, 0.29) is 56.7 Å². The summed E-state index contributed by atoms with van der Waals surface area (Å²) in [5.74, 6) is -0.775. The summed E-state index contributed by atoms with van der Waals surface area (Å²) in [5, 5.41) is 18.7. The van der Waals surface area contributed by atoms with Crippen LogP contribution in [0.1, 0.15) is 85.1 Å². The molecule has 2 N–H and O–H groups in total. The Hall–Kier alpha value is -3.96. The lowest BCUT2D eigenvalue weighted by Gasteiger charge is -2.35. The Kier molecular flexibility index (Phi) is 9.65. The van der Waals surface area contributed by atoms with Gasteiger partial charge < -0.3 is 25.0 Å². The highest BCUT2D eigenvalue weighted by Crippen LogP contribution is 2.49. The van der Waals surface area contributed by atoms with Crippen LogP contribution in [0.25, 0.3) is 0 Å². The average molecular weight is 643 g/mol. The zero-order valence-corrected chi connectivity index (χ0v) is 27.5. The van der Waals surface area contributed by atoms with Gasteiger partial charge in [-0.05, 0) is 71.6 Å². The van der Waals surface area contributed by atoms with E-state index in [1.54, 1.807) is 70.8 Å². The molecule has 0 bridgehead atoms. The number of fused-ring (bicyclic) bond motifs is 1. The first-order valence-electron chi connectivity index (χ1n) is 14.9. The number of nitrogens with zero attached hydrogens (tertiary/aromatic N) is 4. The van der Waals surface area contributed by atoms with E-state index in [2.05, 4.69) is 21.8 Å². The number of rotatable bonds is 12. The molecule has 3 amide bonds. The van der Waals surface area contributed by atoms with Crippen LogP contribution < -0.4 is 10.6 Å². The number of sulfone groups is 1. The third kappa shape index (κ3) is 7.48. The maximum atomic E-state index is 13.9. The molecule has 0 unspecified atom stereocenters. The third-order valence-electron chi connectivity index (χ3n) is 7.97. The van der Waals surface area contributed by atoms with Crippen LogP contribution in [0.15, 0.2) is 24.3 Å². The second-order valence-corrected chi connectivity index (χ2v) is 16.2. The summed E-state index contributed by atoms with van der Waals surface area (Å²) in [6, 6.07) is 8.91. The summed E-state index contributed by atoms with van der Waals surface area (Å²) in [5.41, 5.74) is 1.70. The van der Waals surface area contributed by atoms with Crippen molar-refractivity contribution in [2.75, 3.05) is 32.8 Å². The van der Waals surface area contributed by atoms with Gasteiger partial charge >= 0.3 is 6.09 Å². The van der Waals surface area contributed by atoms with Gasteiger partial charge in [0.1, 0.15) is 11.3 Å². The fourth-order valence-corrected chi connectivity index (χ4v) is 7.76. The molecule has 1 aromatic carbocycles. The molecular formula is C31H42N6O7S. The van der Waals surface area contributed by atoms with E-state index in [1.165, 1.54) is 4.68 Å². The Labute approximate surface area is 264 Å². The lowest BCUT2D eigenvalue weighted by atomic mass is 10.0. The highest BCUT2D eigenvalue weighted by Gasteiger charge is 2.61. The van der Waals surface area contributed by atoms with Gasteiger partial charge in [-0.3, -0.25) is 14.3 Å². The van der Waals surface area contributed by atoms with Crippen molar-refractivity contribution in [3.8, 4) is 6.07 Å². The van der Waals surface area contributed by atoms with Gasteiger partial charge in [-0.1, -0.05) is 12.1 Å². The Morgan fingerprint density at radius 1 is 1.11 bits per heavy atom.